The molecule has 1 aliphatic rings. The van der Waals surface area contributed by atoms with E-state index in [1.54, 1.807) is 12.1 Å². The summed E-state index contributed by atoms with van der Waals surface area (Å²) in [6, 6.07) is 7.33. The quantitative estimate of drug-likeness (QED) is 0.239. The third-order valence-corrected chi connectivity index (χ3v) is 8.76. The molecular weight excluding hydrogens is 527 g/mol. The number of rotatable bonds is 12. The molecule has 0 aromatic heterocycles. The van der Waals surface area contributed by atoms with Gasteiger partial charge < -0.3 is 0 Å². The van der Waals surface area contributed by atoms with Gasteiger partial charge in [0, 0.05) is 6.42 Å². The molecule has 1 N–H and O–H groups in total. The number of hydrogen-bond donors (Lipinski definition) is 1. The number of nitrogens with one attached hydrogen (secondary N) is 1. The van der Waals surface area contributed by atoms with Gasteiger partial charge in [0.25, 0.3) is 0 Å². The van der Waals surface area contributed by atoms with Crippen LogP contribution in [0.25, 0.3) is 0 Å². The fourth-order valence-corrected chi connectivity index (χ4v) is 4.98. The van der Waals surface area contributed by atoms with E-state index in [2.05, 4.69) is 29.0 Å². The SMILES string of the molecule is CSC1CC(=O)N(c2ccc(CCC(=O)NCCC(C)(C)OCCI(C)C)cc2)C1=O. The number of halogens is 1. The molecule has 1 aromatic carbocycles. The summed E-state index contributed by atoms with van der Waals surface area (Å²) in [5, 5.41) is 2.69. The van der Waals surface area contributed by atoms with Crippen LogP contribution in [0.3, 0.4) is 0 Å². The number of ether oxygens (including phenoxy) is 1. The van der Waals surface area contributed by atoms with Crippen molar-refractivity contribution in [2.45, 2.75) is 50.4 Å². The van der Waals surface area contributed by atoms with E-state index in [1.807, 2.05) is 18.4 Å². The summed E-state index contributed by atoms with van der Waals surface area (Å²) in [7, 11) is 0. The topological polar surface area (TPSA) is 75.7 Å². The smallest absolute Gasteiger partial charge is 0.273 e. The molecule has 174 valence electrons. The number of carbonyl (C=O) groups excluding carboxylic acids is 3. The van der Waals surface area contributed by atoms with Crippen LogP contribution in [0, 0.1) is 0 Å². The minimum absolute atomic E-state index is 0.0168. The maximum atomic E-state index is 12.3. The molecule has 2 rings (SSSR count). The third-order valence-electron chi connectivity index (χ3n) is 5.22. The van der Waals surface area contributed by atoms with E-state index in [0.29, 0.717) is 25.1 Å². The zero-order valence-corrected chi connectivity index (χ0v) is 22.2. The molecule has 1 aromatic rings. The minimum Gasteiger partial charge on any atom is -0.273 e. The number of hydrogen-bond acceptors (Lipinski definition) is 5. The molecule has 1 saturated heterocycles. The van der Waals surface area contributed by atoms with Crippen molar-refractivity contribution in [3.63, 3.8) is 0 Å². The summed E-state index contributed by atoms with van der Waals surface area (Å²) in [5.41, 5.74) is 1.37. The Bertz CT molecular complexity index is 767. The van der Waals surface area contributed by atoms with Crippen molar-refractivity contribution in [3.8, 4) is 0 Å². The molecule has 8 heteroatoms. The van der Waals surface area contributed by atoms with Crippen molar-refractivity contribution in [3.05, 3.63) is 29.8 Å². The van der Waals surface area contributed by atoms with Crippen LogP contribution in [-0.4, -0.2) is 62.3 Å². The number of benzene rings is 1. The Kier molecular flexibility index (Phi) is 10.3. The van der Waals surface area contributed by atoms with Crippen molar-refractivity contribution >= 4 is 55.0 Å². The number of imide groups is 1. The number of nitrogens with zero attached hydrogens (tertiary/aromatic N) is 1. The zero-order chi connectivity index (χ0) is 23.0. The molecule has 1 atom stereocenters. The average Bonchev–Trinajstić information content (AvgIpc) is 2.99. The van der Waals surface area contributed by atoms with E-state index in [9.17, 15) is 14.4 Å². The van der Waals surface area contributed by atoms with Crippen LogP contribution in [0.5, 0.6) is 0 Å². The van der Waals surface area contributed by atoms with Gasteiger partial charge in [0.15, 0.2) is 0 Å². The number of thioether (sulfide) groups is 1. The van der Waals surface area contributed by atoms with Crippen molar-refractivity contribution in [1.29, 1.82) is 0 Å². The van der Waals surface area contributed by atoms with Gasteiger partial charge in [0.1, 0.15) is 0 Å². The number of amides is 3. The molecule has 1 unspecified atom stereocenters. The van der Waals surface area contributed by atoms with Gasteiger partial charge >= 0.3 is 124 Å². The van der Waals surface area contributed by atoms with E-state index >= 15 is 0 Å². The first-order valence-electron chi connectivity index (χ1n) is 10.5. The number of carbonyl (C=O) groups is 3. The van der Waals surface area contributed by atoms with Crippen LogP contribution in [0.2, 0.25) is 0 Å². The number of anilines is 1. The zero-order valence-electron chi connectivity index (χ0n) is 19.2. The monoisotopic (exact) mass is 562 g/mol. The van der Waals surface area contributed by atoms with E-state index in [4.69, 9.17) is 4.74 Å². The number of alkyl halides is 3. The molecule has 1 heterocycles. The third kappa shape index (κ3) is 8.38. The van der Waals surface area contributed by atoms with Gasteiger partial charge in [-0.15, -0.1) is 0 Å². The van der Waals surface area contributed by atoms with Gasteiger partial charge in [-0.2, -0.15) is 11.8 Å². The van der Waals surface area contributed by atoms with Crippen LogP contribution in [0.15, 0.2) is 24.3 Å². The molecule has 0 radical (unpaired) electrons. The summed E-state index contributed by atoms with van der Waals surface area (Å²) >= 11 is 0.656. The Hall–Kier alpha value is -1.13. The van der Waals surface area contributed by atoms with Crippen LogP contribution >= 0.6 is 31.6 Å². The fourth-order valence-electron chi connectivity index (χ4n) is 3.26. The first-order valence-corrected chi connectivity index (χ1v) is 17.6. The first-order chi connectivity index (χ1) is 14.6. The van der Waals surface area contributed by atoms with E-state index in [0.717, 1.165) is 18.6 Å². The minimum atomic E-state index is -0.751. The molecule has 0 bridgehead atoms. The number of aryl methyl sites for hydroxylation is 1. The summed E-state index contributed by atoms with van der Waals surface area (Å²) in [6.07, 6.45) is 3.89. The van der Waals surface area contributed by atoms with Crippen LogP contribution in [0.4, 0.5) is 5.69 Å². The van der Waals surface area contributed by atoms with Gasteiger partial charge in [-0.1, -0.05) is 0 Å². The Morgan fingerprint density at radius 1 is 1.26 bits per heavy atom. The molecule has 0 aliphatic carbocycles. The summed E-state index contributed by atoms with van der Waals surface area (Å²) < 4.78 is 7.16. The Labute approximate surface area is 197 Å². The molecule has 3 amide bonds. The van der Waals surface area contributed by atoms with Crippen LogP contribution in [0.1, 0.15) is 38.7 Å². The Morgan fingerprint density at radius 2 is 1.94 bits per heavy atom. The predicted molar refractivity (Wildman–Crippen MR) is 138 cm³/mol. The molecule has 31 heavy (non-hydrogen) atoms. The molecular formula is C23H35IN2O4S. The van der Waals surface area contributed by atoms with Crippen LogP contribution < -0.4 is 10.2 Å². The van der Waals surface area contributed by atoms with Crippen molar-refractivity contribution in [2.75, 3.05) is 38.6 Å². The summed E-state index contributed by atoms with van der Waals surface area (Å²) in [5.74, 6) is -0.291. The second-order valence-electron chi connectivity index (χ2n) is 8.47. The first kappa shape index (κ1) is 26.1. The molecule has 1 aliphatic heterocycles. The second kappa shape index (κ2) is 12.2. The van der Waals surface area contributed by atoms with Gasteiger partial charge in [0.2, 0.25) is 11.8 Å². The second-order valence-corrected chi connectivity index (χ2v) is 15.8. The van der Waals surface area contributed by atoms with E-state index in [-0.39, 0.29) is 35.0 Å². The van der Waals surface area contributed by atoms with Crippen molar-refractivity contribution in [1.82, 2.24) is 5.32 Å². The van der Waals surface area contributed by atoms with Crippen molar-refractivity contribution < 1.29 is 19.1 Å². The normalized spacial score (nSPS) is 17.3. The Balaban J connectivity index is 1.74. The standard InChI is InChI=1S/C23H35IN2O4S/c1-23(2,30-15-13-24(3)4)12-14-25-20(27)11-8-17-6-9-18(10-7-17)26-21(28)16-19(31-5)22(26)29/h6-7,9-10,19H,8,11-16H2,1-5H3,(H,25,27). The fraction of sp³-hybridized carbons (Fsp3) is 0.609. The summed E-state index contributed by atoms with van der Waals surface area (Å²) in [4.78, 5) is 42.6. The molecule has 6 nitrogen and oxygen atoms in total. The molecule has 1 fully saturated rings. The maximum absolute atomic E-state index is 12.3. The van der Waals surface area contributed by atoms with E-state index in [1.165, 1.54) is 21.1 Å². The van der Waals surface area contributed by atoms with Gasteiger partial charge in [0.05, 0.1) is 10.9 Å². The van der Waals surface area contributed by atoms with E-state index < -0.39 is 19.8 Å². The van der Waals surface area contributed by atoms with Crippen LogP contribution in [-0.2, 0) is 25.5 Å². The van der Waals surface area contributed by atoms with Gasteiger partial charge in [-0.05, 0) is 18.4 Å². The Morgan fingerprint density at radius 3 is 2.52 bits per heavy atom. The van der Waals surface area contributed by atoms with Gasteiger partial charge in [-0.25, -0.2) is 4.90 Å². The predicted octanol–water partition coefficient (Wildman–Crippen LogP) is 3.68. The van der Waals surface area contributed by atoms with Gasteiger partial charge in [-0.3, -0.25) is 9.59 Å². The van der Waals surface area contributed by atoms with Crippen molar-refractivity contribution in [2.24, 2.45) is 0 Å². The molecule has 0 saturated carbocycles. The average molecular weight is 563 g/mol. The summed E-state index contributed by atoms with van der Waals surface area (Å²) in [6.45, 7) is 5.55. The molecule has 0 spiro atoms.